The summed E-state index contributed by atoms with van der Waals surface area (Å²) >= 11 is 2.25. The molecule has 25 heavy (non-hydrogen) atoms. The Morgan fingerprint density at radius 2 is 1.84 bits per heavy atom. The maximum atomic E-state index is 12.4. The Labute approximate surface area is 158 Å². The molecule has 1 amide bonds. The molecule has 2 aromatic heterocycles. The minimum Gasteiger partial charge on any atom is -0.451 e. The van der Waals surface area contributed by atoms with Crippen LogP contribution < -0.4 is 5.32 Å². The fourth-order valence-corrected chi connectivity index (χ4v) is 3.14. The summed E-state index contributed by atoms with van der Waals surface area (Å²) in [6, 6.07) is 19.3. The molecule has 4 nitrogen and oxygen atoms in total. The predicted octanol–water partition coefficient (Wildman–Crippen LogP) is 5.59. The first-order valence-electron chi connectivity index (χ1n) is 7.85. The van der Waals surface area contributed by atoms with Gasteiger partial charge in [0.25, 0.3) is 5.91 Å². The van der Waals surface area contributed by atoms with E-state index in [1.807, 2.05) is 61.5 Å². The van der Waals surface area contributed by atoms with Crippen molar-refractivity contribution in [2.75, 3.05) is 5.32 Å². The monoisotopic (exact) mass is 442 g/mol. The van der Waals surface area contributed by atoms with Gasteiger partial charge in [0.05, 0.1) is 0 Å². The van der Waals surface area contributed by atoms with E-state index >= 15 is 0 Å². The van der Waals surface area contributed by atoms with Gasteiger partial charge in [0.15, 0.2) is 5.76 Å². The molecule has 4 rings (SSSR count). The molecule has 0 spiro atoms. The lowest BCUT2D eigenvalue weighted by Gasteiger charge is -2.03. The van der Waals surface area contributed by atoms with Gasteiger partial charge in [0, 0.05) is 31.4 Å². The Balaban J connectivity index is 1.55. The summed E-state index contributed by atoms with van der Waals surface area (Å²) in [4.78, 5) is 15.7. The third-order valence-electron chi connectivity index (χ3n) is 3.97. The zero-order valence-electron chi connectivity index (χ0n) is 13.5. The molecular weight excluding hydrogens is 427 g/mol. The van der Waals surface area contributed by atoms with Crippen LogP contribution in [-0.2, 0) is 0 Å². The molecule has 0 bridgehead atoms. The van der Waals surface area contributed by atoms with Crippen LogP contribution in [0.5, 0.6) is 0 Å². The number of carbonyl (C=O) groups is 1. The number of benzene rings is 2. The van der Waals surface area contributed by atoms with Crippen molar-refractivity contribution in [3.63, 3.8) is 0 Å². The zero-order chi connectivity index (χ0) is 17.4. The second-order valence-electron chi connectivity index (χ2n) is 5.88. The number of aryl methyl sites for hydroxylation is 1. The Morgan fingerprint density at radius 3 is 2.64 bits per heavy atom. The van der Waals surface area contributed by atoms with Gasteiger partial charge in [0.1, 0.15) is 5.76 Å². The number of furan rings is 1. The molecule has 0 unspecified atom stereocenters. The quantitative estimate of drug-likeness (QED) is 0.407. The Kier molecular flexibility index (Phi) is 4.09. The van der Waals surface area contributed by atoms with Gasteiger partial charge < -0.3 is 14.7 Å². The van der Waals surface area contributed by atoms with E-state index in [0.29, 0.717) is 11.5 Å². The Hall–Kier alpha value is -2.54. The first-order valence-corrected chi connectivity index (χ1v) is 8.93. The van der Waals surface area contributed by atoms with Crippen molar-refractivity contribution in [3.05, 3.63) is 75.7 Å². The summed E-state index contributed by atoms with van der Waals surface area (Å²) in [5.74, 6) is 0.709. The van der Waals surface area contributed by atoms with Gasteiger partial charge in [-0.2, -0.15) is 0 Å². The van der Waals surface area contributed by atoms with E-state index in [-0.39, 0.29) is 5.91 Å². The normalized spacial score (nSPS) is 11.0. The number of nitrogens with one attached hydrogen (secondary N) is 2. The van der Waals surface area contributed by atoms with Crippen molar-refractivity contribution in [2.45, 2.75) is 6.92 Å². The van der Waals surface area contributed by atoms with Gasteiger partial charge in [-0.15, -0.1) is 0 Å². The standard InChI is InChI=1S/C20H15IN2O2/c1-12-10-14-11-16(6-7-17(14)22-12)23-20(24)19-9-8-18(25-19)13-2-4-15(21)5-3-13/h2-11,22H,1H3,(H,23,24). The van der Waals surface area contributed by atoms with Crippen LogP contribution in [-0.4, -0.2) is 10.9 Å². The number of aromatic nitrogens is 1. The lowest BCUT2D eigenvalue weighted by atomic mass is 10.2. The van der Waals surface area contributed by atoms with Gasteiger partial charge in [-0.3, -0.25) is 4.79 Å². The fourth-order valence-electron chi connectivity index (χ4n) is 2.78. The molecule has 0 aliphatic heterocycles. The highest BCUT2D eigenvalue weighted by atomic mass is 127. The summed E-state index contributed by atoms with van der Waals surface area (Å²) < 4.78 is 6.87. The number of hydrogen-bond acceptors (Lipinski definition) is 2. The molecule has 2 heterocycles. The van der Waals surface area contributed by atoms with Crippen LogP contribution in [0.15, 0.2) is 65.1 Å². The summed E-state index contributed by atoms with van der Waals surface area (Å²) in [6.45, 7) is 2.01. The molecule has 0 radical (unpaired) electrons. The van der Waals surface area contributed by atoms with Crippen molar-refractivity contribution < 1.29 is 9.21 Å². The van der Waals surface area contributed by atoms with Crippen LogP contribution in [0.4, 0.5) is 5.69 Å². The number of H-pyrrole nitrogens is 1. The second-order valence-corrected chi connectivity index (χ2v) is 7.12. The fraction of sp³-hybridized carbons (Fsp3) is 0.0500. The van der Waals surface area contributed by atoms with E-state index in [0.717, 1.165) is 31.4 Å². The predicted molar refractivity (Wildman–Crippen MR) is 108 cm³/mol. The van der Waals surface area contributed by atoms with Crippen LogP contribution in [0, 0.1) is 10.5 Å². The molecule has 0 aliphatic carbocycles. The summed E-state index contributed by atoms with van der Waals surface area (Å²) in [7, 11) is 0. The van der Waals surface area contributed by atoms with Crippen molar-refractivity contribution in [2.24, 2.45) is 0 Å². The second kappa shape index (κ2) is 6.40. The highest BCUT2D eigenvalue weighted by Crippen LogP contribution is 2.24. The molecule has 0 aliphatic rings. The van der Waals surface area contributed by atoms with Crippen molar-refractivity contribution in [1.29, 1.82) is 0 Å². The lowest BCUT2D eigenvalue weighted by molar-refractivity contribution is 0.0997. The van der Waals surface area contributed by atoms with Crippen LogP contribution in [0.3, 0.4) is 0 Å². The number of hydrogen-bond donors (Lipinski definition) is 2. The van der Waals surface area contributed by atoms with Crippen molar-refractivity contribution >= 4 is 45.1 Å². The molecule has 2 aromatic carbocycles. The number of fused-ring (bicyclic) bond motifs is 1. The molecule has 0 saturated carbocycles. The molecule has 0 atom stereocenters. The average Bonchev–Trinajstić information content (AvgIpc) is 3.21. The highest BCUT2D eigenvalue weighted by Gasteiger charge is 2.13. The highest BCUT2D eigenvalue weighted by molar-refractivity contribution is 14.1. The largest absolute Gasteiger partial charge is 0.451 e. The minimum absolute atomic E-state index is 0.261. The van der Waals surface area contributed by atoms with Gasteiger partial charge >= 0.3 is 0 Å². The molecule has 2 N–H and O–H groups in total. The van der Waals surface area contributed by atoms with Crippen molar-refractivity contribution in [1.82, 2.24) is 4.98 Å². The number of anilines is 1. The minimum atomic E-state index is -0.261. The zero-order valence-corrected chi connectivity index (χ0v) is 15.6. The first kappa shape index (κ1) is 16.0. The Bertz CT molecular complexity index is 1060. The number of carbonyl (C=O) groups excluding carboxylic acids is 1. The van der Waals surface area contributed by atoms with E-state index in [2.05, 4.69) is 32.9 Å². The average molecular weight is 442 g/mol. The van der Waals surface area contributed by atoms with E-state index in [4.69, 9.17) is 4.42 Å². The SMILES string of the molecule is Cc1cc2cc(NC(=O)c3ccc(-c4ccc(I)cc4)o3)ccc2[nH]1. The lowest BCUT2D eigenvalue weighted by Crippen LogP contribution is -2.10. The van der Waals surface area contributed by atoms with E-state index in [1.165, 1.54) is 0 Å². The van der Waals surface area contributed by atoms with E-state index < -0.39 is 0 Å². The van der Waals surface area contributed by atoms with Crippen LogP contribution in [0.1, 0.15) is 16.2 Å². The van der Waals surface area contributed by atoms with Crippen LogP contribution in [0.2, 0.25) is 0 Å². The molecular formula is C20H15IN2O2. The third-order valence-corrected chi connectivity index (χ3v) is 4.69. The van der Waals surface area contributed by atoms with Gasteiger partial charge in [-0.25, -0.2) is 0 Å². The smallest absolute Gasteiger partial charge is 0.291 e. The summed E-state index contributed by atoms with van der Waals surface area (Å²) in [6.07, 6.45) is 0. The van der Waals surface area contributed by atoms with Gasteiger partial charge in [0.2, 0.25) is 0 Å². The van der Waals surface area contributed by atoms with Crippen LogP contribution in [0.25, 0.3) is 22.2 Å². The maximum Gasteiger partial charge on any atom is 0.291 e. The first-order chi connectivity index (χ1) is 12.1. The van der Waals surface area contributed by atoms with Crippen molar-refractivity contribution in [3.8, 4) is 11.3 Å². The van der Waals surface area contributed by atoms with E-state index in [9.17, 15) is 4.79 Å². The maximum absolute atomic E-state index is 12.4. The number of halogens is 1. The molecule has 124 valence electrons. The molecule has 4 aromatic rings. The van der Waals surface area contributed by atoms with Crippen LogP contribution >= 0.6 is 22.6 Å². The molecule has 5 heteroatoms. The number of amides is 1. The Morgan fingerprint density at radius 1 is 1.04 bits per heavy atom. The summed E-state index contributed by atoms with van der Waals surface area (Å²) in [5.41, 5.74) is 3.83. The van der Waals surface area contributed by atoms with E-state index in [1.54, 1.807) is 6.07 Å². The number of aromatic amines is 1. The molecule has 0 fully saturated rings. The molecule has 0 saturated heterocycles. The topological polar surface area (TPSA) is 58.0 Å². The summed E-state index contributed by atoms with van der Waals surface area (Å²) in [5, 5.41) is 3.95. The number of rotatable bonds is 3. The third kappa shape index (κ3) is 3.32. The van der Waals surface area contributed by atoms with Gasteiger partial charge in [-0.05, 0) is 78.0 Å². The van der Waals surface area contributed by atoms with Gasteiger partial charge in [-0.1, -0.05) is 12.1 Å².